The van der Waals surface area contributed by atoms with Crippen LogP contribution in [-0.4, -0.2) is 155 Å². The minimum atomic E-state index is -1.09. The minimum Gasteiger partial charge on any atom is -0.508 e. The standard InChI is InChI=1S/C41H51FN8O5/c1-3-16-48-29-40(53)49-36(23-31-13-14-34(51)24-35(31)42)41(54)47(28-38(49)50(48)39(52)15-12-30-8-5-4-6-9-30)25-32-10-7-11-37(43-32)46-26-33(27-46)44(2)17-18-45-19-21-55-22-20-45/h3-11,13-14,24,33,36,38,51H,1,12,15-23,25-29H2,2H3/t36-,38?/m0/s1. The maximum Gasteiger partial charge on any atom is 0.246 e. The lowest BCUT2D eigenvalue weighted by Gasteiger charge is -2.55. The number of aromatic hydroxyl groups is 1. The first-order chi connectivity index (χ1) is 26.7. The van der Waals surface area contributed by atoms with Crippen molar-refractivity contribution in [1.29, 1.82) is 0 Å². The minimum absolute atomic E-state index is 0.0511. The number of nitrogens with zero attached hydrogens (tertiary/aromatic N) is 8. The fourth-order valence-corrected chi connectivity index (χ4v) is 7.98. The van der Waals surface area contributed by atoms with Crippen LogP contribution in [0.15, 0.2) is 79.4 Å². The molecule has 292 valence electrons. The maximum absolute atomic E-state index is 15.2. The molecule has 4 aliphatic heterocycles. The van der Waals surface area contributed by atoms with Crippen molar-refractivity contribution in [2.75, 3.05) is 84.1 Å². The number of hydrogen-bond acceptors (Lipinski definition) is 10. The summed E-state index contributed by atoms with van der Waals surface area (Å²) in [4.78, 5) is 57.7. The number of aromatic nitrogens is 1. The molecule has 14 heteroatoms. The first-order valence-corrected chi connectivity index (χ1v) is 19.2. The van der Waals surface area contributed by atoms with E-state index in [1.165, 1.54) is 17.0 Å². The number of rotatable bonds is 14. The molecular formula is C41H51FN8O5. The third-order valence-electron chi connectivity index (χ3n) is 11.2. The van der Waals surface area contributed by atoms with Gasteiger partial charge in [0.05, 0.1) is 38.5 Å². The van der Waals surface area contributed by atoms with Gasteiger partial charge in [0.25, 0.3) is 0 Å². The Morgan fingerprint density at radius 3 is 2.58 bits per heavy atom. The van der Waals surface area contributed by atoms with Crippen LogP contribution in [0.2, 0.25) is 0 Å². The molecule has 4 aliphatic rings. The van der Waals surface area contributed by atoms with E-state index in [0.29, 0.717) is 18.2 Å². The van der Waals surface area contributed by atoms with Gasteiger partial charge in [0.2, 0.25) is 17.7 Å². The van der Waals surface area contributed by atoms with Crippen molar-refractivity contribution < 1.29 is 28.6 Å². The summed E-state index contributed by atoms with van der Waals surface area (Å²) in [6.45, 7) is 11.4. The summed E-state index contributed by atoms with van der Waals surface area (Å²) < 4.78 is 20.7. The molecule has 0 saturated carbocycles. The van der Waals surface area contributed by atoms with Gasteiger partial charge in [-0.2, -0.15) is 0 Å². The molecule has 0 bridgehead atoms. The third kappa shape index (κ3) is 8.83. The molecule has 7 rings (SSSR count). The first kappa shape index (κ1) is 38.4. The number of hydrazine groups is 1. The molecule has 0 spiro atoms. The van der Waals surface area contributed by atoms with E-state index in [1.54, 1.807) is 21.0 Å². The third-order valence-corrected chi connectivity index (χ3v) is 11.2. The smallest absolute Gasteiger partial charge is 0.246 e. The molecule has 2 aromatic carbocycles. The summed E-state index contributed by atoms with van der Waals surface area (Å²) >= 11 is 0. The van der Waals surface area contributed by atoms with E-state index in [4.69, 9.17) is 9.72 Å². The number of fused-ring (bicyclic) bond motifs is 1. The van der Waals surface area contributed by atoms with E-state index < -0.39 is 18.0 Å². The molecule has 0 aliphatic carbocycles. The molecule has 3 aromatic rings. The monoisotopic (exact) mass is 754 g/mol. The molecule has 3 amide bonds. The van der Waals surface area contributed by atoms with Crippen LogP contribution in [0.5, 0.6) is 5.75 Å². The number of pyridine rings is 1. The zero-order valence-corrected chi connectivity index (χ0v) is 31.5. The summed E-state index contributed by atoms with van der Waals surface area (Å²) in [5, 5.41) is 13.2. The summed E-state index contributed by atoms with van der Waals surface area (Å²) in [7, 11) is 2.17. The fraction of sp³-hybridized carbons (Fsp3) is 0.463. The van der Waals surface area contributed by atoms with Crippen molar-refractivity contribution in [3.8, 4) is 5.75 Å². The summed E-state index contributed by atoms with van der Waals surface area (Å²) in [6, 6.07) is 18.6. The molecular weight excluding hydrogens is 704 g/mol. The molecule has 1 unspecified atom stereocenters. The average Bonchev–Trinajstić information content (AvgIpc) is 3.16. The van der Waals surface area contributed by atoms with E-state index >= 15 is 4.39 Å². The van der Waals surface area contributed by atoms with Crippen molar-refractivity contribution in [3.05, 3.63) is 102 Å². The number of carbonyl (C=O) groups is 3. The molecule has 13 nitrogen and oxygen atoms in total. The lowest BCUT2D eigenvalue weighted by Crippen LogP contribution is -2.76. The Morgan fingerprint density at radius 1 is 1.05 bits per heavy atom. The number of carbonyl (C=O) groups excluding carboxylic acids is 3. The number of anilines is 1. The highest BCUT2D eigenvalue weighted by Gasteiger charge is 2.51. The van der Waals surface area contributed by atoms with E-state index in [-0.39, 0.29) is 68.1 Å². The lowest BCUT2D eigenvalue weighted by atomic mass is 9.97. The maximum atomic E-state index is 15.2. The Kier molecular flexibility index (Phi) is 12.1. The number of halogens is 1. The Hall–Kier alpha value is -4.89. The number of phenolic OH excluding ortho intramolecular Hbond substituents is 1. The van der Waals surface area contributed by atoms with Gasteiger partial charge in [-0.15, -0.1) is 6.58 Å². The van der Waals surface area contributed by atoms with Crippen LogP contribution in [0.3, 0.4) is 0 Å². The van der Waals surface area contributed by atoms with Gasteiger partial charge < -0.3 is 24.5 Å². The van der Waals surface area contributed by atoms with Crippen LogP contribution in [0, 0.1) is 5.82 Å². The highest BCUT2D eigenvalue weighted by molar-refractivity contribution is 5.92. The number of benzene rings is 2. The Morgan fingerprint density at radius 2 is 1.84 bits per heavy atom. The zero-order chi connectivity index (χ0) is 38.5. The molecule has 0 radical (unpaired) electrons. The highest BCUT2D eigenvalue weighted by Crippen LogP contribution is 2.31. The van der Waals surface area contributed by atoms with Crippen LogP contribution in [0.25, 0.3) is 0 Å². The predicted molar refractivity (Wildman–Crippen MR) is 205 cm³/mol. The molecule has 5 heterocycles. The van der Waals surface area contributed by atoms with Gasteiger partial charge >= 0.3 is 0 Å². The SMILES string of the molecule is C=CCN1CC(=O)N2C(CN(Cc3cccc(N4CC(N(C)CCN5CCOCC5)C4)n3)C(=O)[C@@H]2Cc2ccc(O)cc2F)N1C(=O)CCc1ccccc1. The summed E-state index contributed by atoms with van der Waals surface area (Å²) in [5.74, 6) is -0.975. The highest BCUT2D eigenvalue weighted by atomic mass is 19.1. The van der Waals surface area contributed by atoms with Gasteiger partial charge in [-0.3, -0.25) is 24.2 Å². The second kappa shape index (κ2) is 17.3. The number of aryl methyl sites for hydroxylation is 1. The number of likely N-dealkylation sites (N-methyl/N-ethyl adjacent to an activating group) is 1. The Bertz CT molecular complexity index is 1840. The van der Waals surface area contributed by atoms with Crippen LogP contribution < -0.4 is 4.90 Å². The number of piperazine rings is 1. The van der Waals surface area contributed by atoms with Crippen molar-refractivity contribution in [2.45, 2.75) is 44.1 Å². The average molecular weight is 755 g/mol. The van der Waals surface area contributed by atoms with Crippen LogP contribution in [0.4, 0.5) is 10.2 Å². The van der Waals surface area contributed by atoms with Crippen LogP contribution in [-0.2, 0) is 38.5 Å². The van der Waals surface area contributed by atoms with Crippen molar-refractivity contribution in [1.82, 2.24) is 34.6 Å². The normalized spacial score (nSPS) is 21.2. The van der Waals surface area contributed by atoms with E-state index in [9.17, 15) is 19.5 Å². The Labute approximate surface area is 322 Å². The number of amides is 3. The van der Waals surface area contributed by atoms with Gasteiger partial charge in [0, 0.05) is 70.8 Å². The Balaban J connectivity index is 1.10. The van der Waals surface area contributed by atoms with Gasteiger partial charge in [-0.05, 0) is 42.8 Å². The largest absolute Gasteiger partial charge is 0.508 e. The van der Waals surface area contributed by atoms with E-state index in [2.05, 4.69) is 28.3 Å². The number of hydrogen-bond donors (Lipinski definition) is 1. The van der Waals surface area contributed by atoms with Gasteiger partial charge in [-0.25, -0.2) is 19.4 Å². The quantitative estimate of drug-likeness (QED) is 0.246. The number of phenols is 1. The topological polar surface area (TPSA) is 116 Å². The summed E-state index contributed by atoms with van der Waals surface area (Å²) in [5.41, 5.74) is 1.86. The van der Waals surface area contributed by atoms with E-state index in [1.807, 2.05) is 48.5 Å². The molecule has 4 fully saturated rings. The molecule has 1 aromatic heterocycles. The van der Waals surface area contributed by atoms with E-state index in [0.717, 1.165) is 69.9 Å². The second-order valence-corrected chi connectivity index (χ2v) is 14.8. The zero-order valence-electron chi connectivity index (χ0n) is 31.5. The summed E-state index contributed by atoms with van der Waals surface area (Å²) in [6.07, 6.45) is 1.37. The second-order valence-electron chi connectivity index (χ2n) is 14.8. The molecule has 55 heavy (non-hydrogen) atoms. The van der Waals surface area contributed by atoms with Gasteiger partial charge in [-0.1, -0.05) is 48.5 Å². The van der Waals surface area contributed by atoms with Crippen LogP contribution >= 0.6 is 0 Å². The van der Waals surface area contributed by atoms with Gasteiger partial charge in [0.15, 0.2) is 0 Å². The van der Waals surface area contributed by atoms with Gasteiger partial charge in [0.1, 0.15) is 29.6 Å². The van der Waals surface area contributed by atoms with Crippen molar-refractivity contribution in [3.63, 3.8) is 0 Å². The fourth-order valence-electron chi connectivity index (χ4n) is 7.98. The molecule has 2 atom stereocenters. The lowest BCUT2D eigenvalue weighted by molar-refractivity contribution is -0.205. The molecule has 4 saturated heterocycles. The first-order valence-electron chi connectivity index (χ1n) is 19.2. The van der Waals surface area contributed by atoms with Crippen molar-refractivity contribution >= 4 is 23.5 Å². The van der Waals surface area contributed by atoms with Crippen molar-refractivity contribution in [2.24, 2.45) is 0 Å². The predicted octanol–water partition coefficient (Wildman–Crippen LogP) is 2.37. The molecule has 1 N–H and O–H groups in total. The van der Waals surface area contributed by atoms with Crippen LogP contribution in [0.1, 0.15) is 23.2 Å². The number of ether oxygens (including phenoxy) is 1. The number of morpholine rings is 1.